The van der Waals surface area contributed by atoms with Gasteiger partial charge in [0.05, 0.1) is 12.7 Å². The van der Waals surface area contributed by atoms with E-state index in [-0.39, 0.29) is 0 Å². The monoisotopic (exact) mass is 276 g/mol. The SMILES string of the molecule is CCCC1CCC(O)(c2cc(C)c(OC)cc2C)CC1. The number of hydrogen-bond donors (Lipinski definition) is 1. The van der Waals surface area contributed by atoms with Crippen molar-refractivity contribution in [2.75, 3.05) is 7.11 Å². The molecule has 1 aliphatic carbocycles. The first-order valence-corrected chi connectivity index (χ1v) is 7.88. The normalized spacial score (nSPS) is 26.6. The minimum Gasteiger partial charge on any atom is -0.496 e. The van der Waals surface area contributed by atoms with Gasteiger partial charge in [-0.25, -0.2) is 0 Å². The van der Waals surface area contributed by atoms with E-state index in [0.29, 0.717) is 0 Å². The molecule has 0 radical (unpaired) electrons. The Morgan fingerprint density at radius 2 is 1.85 bits per heavy atom. The Kier molecular flexibility index (Phi) is 4.74. The molecule has 1 saturated carbocycles. The highest BCUT2D eigenvalue weighted by Crippen LogP contribution is 2.43. The number of ether oxygens (including phenoxy) is 1. The molecule has 0 heterocycles. The van der Waals surface area contributed by atoms with Gasteiger partial charge < -0.3 is 9.84 Å². The van der Waals surface area contributed by atoms with Crippen LogP contribution in [0.5, 0.6) is 5.75 Å². The summed E-state index contributed by atoms with van der Waals surface area (Å²) in [5.41, 5.74) is 2.72. The van der Waals surface area contributed by atoms with Gasteiger partial charge in [0, 0.05) is 0 Å². The first kappa shape index (κ1) is 15.4. The molecule has 0 spiro atoms. The molecule has 112 valence electrons. The number of benzene rings is 1. The zero-order valence-electron chi connectivity index (χ0n) is 13.3. The van der Waals surface area contributed by atoms with Gasteiger partial charge in [0.2, 0.25) is 0 Å². The van der Waals surface area contributed by atoms with E-state index in [0.717, 1.165) is 54.0 Å². The van der Waals surface area contributed by atoms with Gasteiger partial charge in [-0.2, -0.15) is 0 Å². The third-order valence-electron chi connectivity index (χ3n) is 4.87. The smallest absolute Gasteiger partial charge is 0.122 e. The zero-order valence-corrected chi connectivity index (χ0v) is 13.3. The summed E-state index contributed by atoms with van der Waals surface area (Å²) < 4.78 is 5.37. The predicted octanol–water partition coefficient (Wildman–Crippen LogP) is 4.49. The second-order valence-corrected chi connectivity index (χ2v) is 6.40. The van der Waals surface area contributed by atoms with E-state index in [1.165, 1.54) is 12.8 Å². The topological polar surface area (TPSA) is 29.5 Å². The van der Waals surface area contributed by atoms with Gasteiger partial charge in [-0.05, 0) is 74.3 Å². The van der Waals surface area contributed by atoms with Crippen LogP contribution in [0.2, 0.25) is 0 Å². The van der Waals surface area contributed by atoms with Crippen LogP contribution in [-0.4, -0.2) is 12.2 Å². The molecule has 1 aromatic rings. The molecule has 0 amide bonds. The lowest BCUT2D eigenvalue weighted by atomic mass is 9.73. The van der Waals surface area contributed by atoms with Crippen LogP contribution in [0.3, 0.4) is 0 Å². The summed E-state index contributed by atoms with van der Waals surface area (Å²) in [5, 5.41) is 11.1. The van der Waals surface area contributed by atoms with Gasteiger partial charge in [-0.3, -0.25) is 0 Å². The highest BCUT2D eigenvalue weighted by atomic mass is 16.5. The number of aliphatic hydroxyl groups is 1. The van der Waals surface area contributed by atoms with Gasteiger partial charge in [0.15, 0.2) is 0 Å². The summed E-state index contributed by atoms with van der Waals surface area (Å²) in [6, 6.07) is 4.18. The summed E-state index contributed by atoms with van der Waals surface area (Å²) in [6.07, 6.45) is 6.64. The van der Waals surface area contributed by atoms with Crippen molar-refractivity contribution in [3.8, 4) is 5.75 Å². The van der Waals surface area contributed by atoms with E-state index in [4.69, 9.17) is 4.74 Å². The molecule has 1 N–H and O–H groups in total. The molecule has 2 rings (SSSR count). The zero-order chi connectivity index (χ0) is 14.8. The molecular weight excluding hydrogens is 248 g/mol. The summed E-state index contributed by atoms with van der Waals surface area (Å²) in [7, 11) is 1.70. The van der Waals surface area contributed by atoms with Crippen molar-refractivity contribution in [3.63, 3.8) is 0 Å². The maximum Gasteiger partial charge on any atom is 0.122 e. The van der Waals surface area contributed by atoms with Crippen LogP contribution in [0.1, 0.15) is 62.1 Å². The molecular formula is C18H28O2. The summed E-state index contributed by atoms with van der Waals surface area (Å²) in [4.78, 5) is 0. The van der Waals surface area contributed by atoms with E-state index in [9.17, 15) is 5.11 Å². The number of rotatable bonds is 4. The van der Waals surface area contributed by atoms with Crippen LogP contribution in [0.25, 0.3) is 0 Å². The quantitative estimate of drug-likeness (QED) is 0.878. The van der Waals surface area contributed by atoms with Crippen LogP contribution < -0.4 is 4.74 Å². The van der Waals surface area contributed by atoms with Gasteiger partial charge >= 0.3 is 0 Å². The Hall–Kier alpha value is -1.02. The van der Waals surface area contributed by atoms with Crippen molar-refractivity contribution in [3.05, 3.63) is 28.8 Å². The largest absolute Gasteiger partial charge is 0.496 e. The minimum absolute atomic E-state index is 0.634. The fourth-order valence-electron chi connectivity index (χ4n) is 3.63. The second-order valence-electron chi connectivity index (χ2n) is 6.40. The molecule has 0 aromatic heterocycles. The highest BCUT2D eigenvalue weighted by Gasteiger charge is 2.35. The molecule has 0 unspecified atom stereocenters. The molecule has 1 fully saturated rings. The maximum atomic E-state index is 11.1. The Morgan fingerprint density at radius 1 is 1.20 bits per heavy atom. The number of methoxy groups -OCH3 is 1. The van der Waals surface area contributed by atoms with Gasteiger partial charge in [0.1, 0.15) is 5.75 Å². The summed E-state index contributed by atoms with van der Waals surface area (Å²) in [6.45, 7) is 6.37. The first-order chi connectivity index (χ1) is 9.50. The summed E-state index contributed by atoms with van der Waals surface area (Å²) >= 11 is 0. The second kappa shape index (κ2) is 6.17. The Balaban J connectivity index is 2.21. The van der Waals surface area contributed by atoms with E-state index in [2.05, 4.69) is 26.0 Å². The van der Waals surface area contributed by atoms with Gasteiger partial charge in [-0.1, -0.05) is 19.8 Å². The number of hydrogen-bond acceptors (Lipinski definition) is 2. The minimum atomic E-state index is -0.634. The van der Waals surface area contributed by atoms with Gasteiger partial charge in [-0.15, -0.1) is 0 Å². The maximum absolute atomic E-state index is 11.1. The summed E-state index contributed by atoms with van der Waals surface area (Å²) in [5.74, 6) is 1.72. The first-order valence-electron chi connectivity index (χ1n) is 7.88. The molecule has 0 atom stereocenters. The van der Waals surface area contributed by atoms with Crippen LogP contribution >= 0.6 is 0 Å². The van der Waals surface area contributed by atoms with E-state index < -0.39 is 5.60 Å². The van der Waals surface area contributed by atoms with Gasteiger partial charge in [0.25, 0.3) is 0 Å². The fraction of sp³-hybridized carbons (Fsp3) is 0.667. The Labute approximate surface area is 123 Å². The van der Waals surface area contributed by atoms with Crippen molar-refractivity contribution >= 4 is 0 Å². The molecule has 0 saturated heterocycles. The third-order valence-corrected chi connectivity index (χ3v) is 4.87. The van der Waals surface area contributed by atoms with Crippen molar-refractivity contribution in [1.29, 1.82) is 0 Å². The molecule has 1 aromatic carbocycles. The van der Waals surface area contributed by atoms with Crippen molar-refractivity contribution in [2.24, 2.45) is 5.92 Å². The third kappa shape index (κ3) is 3.01. The highest BCUT2D eigenvalue weighted by molar-refractivity contribution is 5.44. The standard InChI is InChI=1S/C18H28O2/c1-5-6-15-7-9-18(19,10-8-15)16-11-14(3)17(20-4)12-13(16)2/h11-12,15,19H,5-10H2,1-4H3. The molecule has 0 bridgehead atoms. The number of aryl methyl sites for hydroxylation is 2. The lowest BCUT2D eigenvalue weighted by Gasteiger charge is -2.37. The van der Waals surface area contributed by atoms with Crippen LogP contribution in [-0.2, 0) is 5.60 Å². The molecule has 0 aliphatic heterocycles. The molecule has 2 nitrogen and oxygen atoms in total. The van der Waals surface area contributed by atoms with Crippen LogP contribution in [0, 0.1) is 19.8 Å². The van der Waals surface area contributed by atoms with E-state index in [1.807, 2.05) is 6.92 Å². The van der Waals surface area contributed by atoms with Crippen molar-refractivity contribution < 1.29 is 9.84 Å². The molecule has 2 heteroatoms. The lowest BCUT2D eigenvalue weighted by molar-refractivity contribution is -0.0158. The predicted molar refractivity (Wildman–Crippen MR) is 83.2 cm³/mol. The fourth-order valence-corrected chi connectivity index (χ4v) is 3.63. The van der Waals surface area contributed by atoms with E-state index >= 15 is 0 Å². The van der Waals surface area contributed by atoms with Crippen LogP contribution in [0.4, 0.5) is 0 Å². The average Bonchev–Trinajstić information content (AvgIpc) is 2.44. The molecule has 20 heavy (non-hydrogen) atoms. The van der Waals surface area contributed by atoms with E-state index in [1.54, 1.807) is 7.11 Å². The van der Waals surface area contributed by atoms with Crippen LogP contribution in [0.15, 0.2) is 12.1 Å². The molecule has 1 aliphatic rings. The van der Waals surface area contributed by atoms with Crippen molar-refractivity contribution in [2.45, 2.75) is 64.9 Å². The average molecular weight is 276 g/mol. The lowest BCUT2D eigenvalue weighted by Crippen LogP contribution is -2.32. The van der Waals surface area contributed by atoms with Crippen molar-refractivity contribution in [1.82, 2.24) is 0 Å². The Bertz CT molecular complexity index is 457. The Morgan fingerprint density at radius 3 is 2.40 bits per heavy atom.